The minimum atomic E-state index is -0.414. The molecule has 0 fully saturated rings. The highest BCUT2D eigenvalue weighted by atomic mass is 16.3. The fourth-order valence-electron chi connectivity index (χ4n) is 1.96. The summed E-state index contributed by atoms with van der Waals surface area (Å²) in [5.41, 5.74) is 3.02. The van der Waals surface area contributed by atoms with Crippen molar-refractivity contribution in [2.75, 3.05) is 0 Å². The Labute approximate surface area is 101 Å². The Kier molecular flexibility index (Phi) is 3.69. The number of benzene rings is 1. The fraction of sp³-hybridized carbons (Fsp3) is 0.286. The maximum atomic E-state index is 12.1. The minimum absolute atomic E-state index is 0.194. The van der Waals surface area contributed by atoms with E-state index in [1.165, 1.54) is 6.92 Å². The average molecular weight is 229 g/mol. The maximum Gasteiger partial charge on any atom is 0.207 e. The molecule has 0 aliphatic heterocycles. The molecule has 1 aromatic rings. The summed E-state index contributed by atoms with van der Waals surface area (Å²) in [4.78, 5) is 12.1. The number of nitriles is 1. The lowest BCUT2D eigenvalue weighted by Gasteiger charge is -2.09. The van der Waals surface area contributed by atoms with Crippen molar-refractivity contribution in [3.8, 4) is 6.07 Å². The number of ketones is 1. The van der Waals surface area contributed by atoms with Crippen molar-refractivity contribution >= 4 is 5.78 Å². The number of rotatable bonds is 2. The second-order valence-electron chi connectivity index (χ2n) is 4.18. The average Bonchev–Trinajstić information content (AvgIpc) is 2.15. The van der Waals surface area contributed by atoms with Gasteiger partial charge in [-0.3, -0.25) is 4.79 Å². The lowest BCUT2D eigenvalue weighted by molar-refractivity contribution is 0.103. The third kappa shape index (κ3) is 2.54. The zero-order valence-corrected chi connectivity index (χ0v) is 10.5. The summed E-state index contributed by atoms with van der Waals surface area (Å²) in [5, 5.41) is 18.2. The van der Waals surface area contributed by atoms with Crippen LogP contribution < -0.4 is 0 Å². The van der Waals surface area contributed by atoms with Crippen LogP contribution in [0.2, 0.25) is 0 Å². The SMILES string of the molecule is CC(O)=C(C#N)C(=O)c1c(C)cc(C)cc1C. The van der Waals surface area contributed by atoms with Crippen molar-refractivity contribution in [2.24, 2.45) is 0 Å². The number of Topliss-reactive ketones (excluding diaryl/α,β-unsaturated/α-hetero) is 1. The minimum Gasteiger partial charge on any atom is -0.511 e. The van der Waals surface area contributed by atoms with Crippen LogP contribution in [0, 0.1) is 32.1 Å². The van der Waals surface area contributed by atoms with Gasteiger partial charge in [-0.05, 0) is 38.8 Å². The number of hydrogen-bond donors (Lipinski definition) is 1. The smallest absolute Gasteiger partial charge is 0.207 e. The monoisotopic (exact) mass is 229 g/mol. The fourth-order valence-corrected chi connectivity index (χ4v) is 1.96. The van der Waals surface area contributed by atoms with Crippen LogP contribution in [0.25, 0.3) is 0 Å². The molecule has 3 heteroatoms. The summed E-state index contributed by atoms with van der Waals surface area (Å²) in [6, 6.07) is 5.53. The lowest BCUT2D eigenvalue weighted by atomic mass is 9.93. The highest BCUT2D eigenvalue weighted by Crippen LogP contribution is 2.20. The molecule has 1 aromatic carbocycles. The Bertz CT molecular complexity index is 521. The molecule has 3 nitrogen and oxygen atoms in total. The highest BCUT2D eigenvalue weighted by Gasteiger charge is 2.19. The van der Waals surface area contributed by atoms with Crippen LogP contribution in [0.4, 0.5) is 0 Å². The van der Waals surface area contributed by atoms with Gasteiger partial charge in [-0.25, -0.2) is 0 Å². The van der Waals surface area contributed by atoms with Crippen molar-refractivity contribution in [3.05, 3.63) is 45.7 Å². The van der Waals surface area contributed by atoms with Gasteiger partial charge in [0.25, 0.3) is 0 Å². The Morgan fingerprint density at radius 1 is 1.24 bits per heavy atom. The Hall–Kier alpha value is -2.08. The molecule has 0 spiro atoms. The topological polar surface area (TPSA) is 61.1 Å². The van der Waals surface area contributed by atoms with Crippen LogP contribution in [0.5, 0.6) is 0 Å². The molecule has 0 aromatic heterocycles. The largest absolute Gasteiger partial charge is 0.511 e. The first-order valence-electron chi connectivity index (χ1n) is 5.31. The first kappa shape index (κ1) is 13.0. The molecule has 0 saturated carbocycles. The van der Waals surface area contributed by atoms with Crippen LogP contribution in [0.3, 0.4) is 0 Å². The van der Waals surface area contributed by atoms with E-state index < -0.39 is 5.78 Å². The van der Waals surface area contributed by atoms with E-state index >= 15 is 0 Å². The molecule has 17 heavy (non-hydrogen) atoms. The molecular weight excluding hydrogens is 214 g/mol. The van der Waals surface area contributed by atoms with Gasteiger partial charge in [0.05, 0.1) is 0 Å². The van der Waals surface area contributed by atoms with E-state index in [0.29, 0.717) is 5.56 Å². The van der Waals surface area contributed by atoms with Crippen LogP contribution in [0.1, 0.15) is 34.0 Å². The first-order valence-corrected chi connectivity index (χ1v) is 5.31. The molecule has 0 saturated heterocycles. The molecule has 0 radical (unpaired) electrons. The second kappa shape index (κ2) is 4.84. The third-order valence-electron chi connectivity index (χ3n) is 2.60. The van der Waals surface area contributed by atoms with E-state index in [1.807, 2.05) is 32.9 Å². The van der Waals surface area contributed by atoms with Gasteiger partial charge >= 0.3 is 0 Å². The van der Waals surface area contributed by atoms with E-state index in [9.17, 15) is 9.90 Å². The number of hydrogen-bond acceptors (Lipinski definition) is 3. The van der Waals surface area contributed by atoms with E-state index in [2.05, 4.69) is 0 Å². The Morgan fingerprint density at radius 2 is 1.71 bits per heavy atom. The quantitative estimate of drug-likeness (QED) is 0.367. The zero-order chi connectivity index (χ0) is 13.2. The molecule has 0 atom stereocenters. The highest BCUT2D eigenvalue weighted by molar-refractivity contribution is 6.13. The van der Waals surface area contributed by atoms with E-state index in [4.69, 9.17) is 5.26 Å². The predicted molar refractivity (Wildman–Crippen MR) is 65.9 cm³/mol. The summed E-state index contributed by atoms with van der Waals surface area (Å²) >= 11 is 0. The van der Waals surface area contributed by atoms with E-state index in [-0.39, 0.29) is 11.3 Å². The first-order chi connectivity index (χ1) is 7.88. The van der Waals surface area contributed by atoms with Gasteiger partial charge in [0.1, 0.15) is 17.4 Å². The van der Waals surface area contributed by atoms with Gasteiger partial charge in [0.15, 0.2) is 0 Å². The molecule has 0 bridgehead atoms. The number of allylic oxidation sites excluding steroid dienone is 2. The van der Waals surface area contributed by atoms with Crippen LogP contribution in [-0.2, 0) is 0 Å². The maximum absolute atomic E-state index is 12.1. The van der Waals surface area contributed by atoms with E-state index in [1.54, 1.807) is 6.07 Å². The molecule has 0 aliphatic carbocycles. The molecule has 0 unspecified atom stereocenters. The summed E-state index contributed by atoms with van der Waals surface area (Å²) in [7, 11) is 0. The van der Waals surface area contributed by atoms with Crippen LogP contribution in [-0.4, -0.2) is 10.9 Å². The third-order valence-corrected chi connectivity index (χ3v) is 2.60. The molecule has 1 N–H and O–H groups in total. The summed E-state index contributed by atoms with van der Waals surface area (Å²) in [6.45, 7) is 6.95. The standard InChI is InChI=1S/C14H15NO2/c1-8-5-9(2)13(10(3)6-8)14(17)12(7-15)11(4)16/h5-6,16H,1-4H3. The van der Waals surface area contributed by atoms with Crippen molar-refractivity contribution in [3.63, 3.8) is 0 Å². The summed E-state index contributed by atoms with van der Waals surface area (Å²) in [5.74, 6) is -0.653. The summed E-state index contributed by atoms with van der Waals surface area (Å²) in [6.07, 6.45) is 0. The van der Waals surface area contributed by atoms with Crippen molar-refractivity contribution in [1.29, 1.82) is 5.26 Å². The normalized spacial score (nSPS) is 11.7. The predicted octanol–water partition coefficient (Wildman–Crippen LogP) is 3.15. The summed E-state index contributed by atoms with van der Waals surface area (Å²) < 4.78 is 0. The molecule has 0 heterocycles. The van der Waals surface area contributed by atoms with Gasteiger partial charge in [-0.1, -0.05) is 17.7 Å². The number of aliphatic hydroxyl groups is 1. The molecule has 0 aliphatic rings. The van der Waals surface area contributed by atoms with Crippen LogP contribution in [0.15, 0.2) is 23.5 Å². The van der Waals surface area contributed by atoms with Crippen molar-refractivity contribution in [1.82, 2.24) is 0 Å². The van der Waals surface area contributed by atoms with Gasteiger partial charge in [0, 0.05) is 5.56 Å². The molecule has 88 valence electrons. The number of carbonyl (C=O) groups is 1. The zero-order valence-electron chi connectivity index (χ0n) is 10.5. The number of nitrogens with zero attached hydrogens (tertiary/aromatic N) is 1. The molecular formula is C14H15NO2. The number of aliphatic hydroxyl groups excluding tert-OH is 1. The van der Waals surface area contributed by atoms with Crippen LogP contribution >= 0.6 is 0 Å². The Morgan fingerprint density at radius 3 is 2.06 bits per heavy atom. The van der Waals surface area contributed by atoms with Crippen molar-refractivity contribution < 1.29 is 9.90 Å². The van der Waals surface area contributed by atoms with Gasteiger partial charge in [-0.2, -0.15) is 5.26 Å². The second-order valence-corrected chi connectivity index (χ2v) is 4.18. The van der Waals surface area contributed by atoms with Gasteiger partial charge in [0.2, 0.25) is 5.78 Å². The number of carbonyl (C=O) groups excluding carboxylic acids is 1. The Balaban J connectivity index is 3.43. The number of aryl methyl sites for hydroxylation is 3. The van der Waals surface area contributed by atoms with Gasteiger partial charge < -0.3 is 5.11 Å². The van der Waals surface area contributed by atoms with Crippen molar-refractivity contribution in [2.45, 2.75) is 27.7 Å². The lowest BCUT2D eigenvalue weighted by Crippen LogP contribution is -2.09. The van der Waals surface area contributed by atoms with Gasteiger partial charge in [-0.15, -0.1) is 0 Å². The van der Waals surface area contributed by atoms with E-state index in [0.717, 1.165) is 16.7 Å². The molecule has 0 amide bonds. The molecule has 1 rings (SSSR count).